The number of hydrogen-bond donors (Lipinski definition) is 1. The minimum Gasteiger partial charge on any atom is -0.497 e. The number of carbonyl (C=O) groups excluding carboxylic acids is 1. The Hall–Kier alpha value is -3.15. The number of hydrogen-bond acceptors (Lipinski definition) is 5. The molecule has 6 nitrogen and oxygen atoms in total. The summed E-state index contributed by atoms with van der Waals surface area (Å²) in [6.45, 7) is 0.652. The average Bonchev–Trinajstić information content (AvgIpc) is 3.21. The summed E-state index contributed by atoms with van der Waals surface area (Å²) in [5.74, 6) is 3.24. The Bertz CT molecular complexity index is 1150. The Balaban J connectivity index is 1.18. The number of ether oxygens (including phenoxy) is 1. The molecule has 1 amide bonds. The summed E-state index contributed by atoms with van der Waals surface area (Å²) in [5, 5.41) is 7.65. The Morgan fingerprint density at radius 1 is 1.09 bits per heavy atom. The number of fused-ring (bicyclic) bond motifs is 2. The second-order valence-corrected chi connectivity index (χ2v) is 10.2. The van der Waals surface area contributed by atoms with Crippen LogP contribution in [0.2, 0.25) is 0 Å². The first kappa shape index (κ1) is 21.4. The Labute approximate surface area is 200 Å². The van der Waals surface area contributed by atoms with E-state index in [1.54, 1.807) is 7.11 Å². The number of methoxy groups -OCH3 is 1. The highest BCUT2D eigenvalue weighted by Gasteiger charge is 2.55. The van der Waals surface area contributed by atoms with Crippen LogP contribution in [0.25, 0.3) is 0 Å². The summed E-state index contributed by atoms with van der Waals surface area (Å²) in [6.07, 6.45) is 6.21. The van der Waals surface area contributed by atoms with Crippen LogP contribution in [0.15, 0.2) is 59.1 Å². The van der Waals surface area contributed by atoms with Crippen molar-refractivity contribution in [3.05, 3.63) is 77.4 Å². The zero-order chi connectivity index (χ0) is 23.1. The number of amides is 1. The molecule has 0 saturated heterocycles. The molecule has 1 aromatic heterocycles. The average molecular weight is 458 g/mol. The van der Waals surface area contributed by atoms with Crippen molar-refractivity contribution in [3.8, 4) is 5.75 Å². The van der Waals surface area contributed by atoms with Gasteiger partial charge in [-0.15, -0.1) is 0 Å². The molecule has 0 spiro atoms. The van der Waals surface area contributed by atoms with Crippen LogP contribution in [0.4, 0.5) is 0 Å². The third kappa shape index (κ3) is 3.69. The number of aromatic nitrogens is 2. The molecule has 0 unspecified atom stereocenters. The van der Waals surface area contributed by atoms with Gasteiger partial charge in [0.15, 0.2) is 5.82 Å². The van der Waals surface area contributed by atoms with Crippen LogP contribution in [0.5, 0.6) is 5.75 Å². The van der Waals surface area contributed by atoms with Gasteiger partial charge in [0.1, 0.15) is 5.75 Å². The van der Waals surface area contributed by atoms with Gasteiger partial charge in [0.2, 0.25) is 11.8 Å². The van der Waals surface area contributed by atoms with Crippen molar-refractivity contribution < 1.29 is 14.1 Å². The van der Waals surface area contributed by atoms with Crippen LogP contribution < -0.4 is 10.1 Å². The van der Waals surface area contributed by atoms with E-state index in [2.05, 4.69) is 34.7 Å². The monoisotopic (exact) mass is 457 g/mol. The minimum atomic E-state index is -0.168. The molecule has 0 radical (unpaired) electrons. The van der Waals surface area contributed by atoms with E-state index in [9.17, 15) is 4.79 Å². The van der Waals surface area contributed by atoms with Gasteiger partial charge in [-0.2, -0.15) is 4.98 Å². The fourth-order valence-electron chi connectivity index (χ4n) is 6.36. The molecule has 3 saturated carbocycles. The number of benzene rings is 2. The second kappa shape index (κ2) is 8.57. The van der Waals surface area contributed by atoms with Gasteiger partial charge in [0, 0.05) is 6.54 Å². The molecule has 176 valence electrons. The predicted molar refractivity (Wildman–Crippen MR) is 128 cm³/mol. The van der Waals surface area contributed by atoms with Crippen molar-refractivity contribution in [2.45, 2.75) is 49.9 Å². The summed E-state index contributed by atoms with van der Waals surface area (Å²) >= 11 is 0. The molecule has 3 aliphatic rings. The van der Waals surface area contributed by atoms with Crippen LogP contribution >= 0.6 is 0 Å². The highest BCUT2D eigenvalue weighted by atomic mass is 16.5. The smallest absolute Gasteiger partial charge is 0.230 e. The van der Waals surface area contributed by atoms with E-state index >= 15 is 0 Å². The molecule has 34 heavy (non-hydrogen) atoms. The van der Waals surface area contributed by atoms with Crippen LogP contribution in [-0.2, 0) is 16.6 Å². The molecule has 3 aliphatic carbocycles. The lowest BCUT2D eigenvalue weighted by Crippen LogP contribution is -2.38. The molecule has 3 aromatic rings. The van der Waals surface area contributed by atoms with E-state index in [1.165, 1.54) is 11.1 Å². The quantitative estimate of drug-likeness (QED) is 0.533. The predicted octanol–water partition coefficient (Wildman–Crippen LogP) is 4.65. The van der Waals surface area contributed by atoms with Crippen molar-refractivity contribution in [2.75, 3.05) is 13.7 Å². The molecule has 2 bridgehead atoms. The molecule has 4 atom stereocenters. The highest BCUT2D eigenvalue weighted by Crippen LogP contribution is 2.57. The van der Waals surface area contributed by atoms with E-state index in [1.807, 2.05) is 30.3 Å². The minimum absolute atomic E-state index is 0.0309. The van der Waals surface area contributed by atoms with Crippen molar-refractivity contribution in [1.29, 1.82) is 0 Å². The van der Waals surface area contributed by atoms with Crippen LogP contribution in [-0.4, -0.2) is 29.7 Å². The van der Waals surface area contributed by atoms with Crippen molar-refractivity contribution in [1.82, 2.24) is 15.5 Å². The molecule has 1 heterocycles. The Morgan fingerprint density at radius 2 is 1.85 bits per heavy atom. The summed E-state index contributed by atoms with van der Waals surface area (Å²) in [4.78, 5) is 18.2. The largest absolute Gasteiger partial charge is 0.497 e. The lowest BCUT2D eigenvalue weighted by molar-refractivity contribution is -0.127. The summed E-state index contributed by atoms with van der Waals surface area (Å²) in [7, 11) is 1.68. The van der Waals surface area contributed by atoms with Crippen LogP contribution in [0.1, 0.15) is 60.9 Å². The Kier molecular flexibility index (Phi) is 5.39. The second-order valence-electron chi connectivity index (χ2n) is 10.2. The number of nitrogens with one attached hydrogen (secondary N) is 1. The van der Waals surface area contributed by atoms with E-state index in [0.29, 0.717) is 24.3 Å². The maximum atomic E-state index is 13.3. The molecule has 3 fully saturated rings. The topological polar surface area (TPSA) is 77.2 Å². The van der Waals surface area contributed by atoms with Gasteiger partial charge in [0.25, 0.3) is 0 Å². The lowest BCUT2D eigenvalue weighted by Gasteiger charge is -2.27. The molecule has 6 rings (SSSR count). The zero-order valence-corrected chi connectivity index (χ0v) is 19.6. The van der Waals surface area contributed by atoms with E-state index in [4.69, 9.17) is 14.2 Å². The molecule has 0 aliphatic heterocycles. The molecule has 2 aromatic carbocycles. The molecular formula is C28H31N3O3. The summed E-state index contributed by atoms with van der Waals surface area (Å²) < 4.78 is 11.2. The zero-order valence-electron chi connectivity index (χ0n) is 19.6. The van der Waals surface area contributed by atoms with E-state index in [-0.39, 0.29) is 23.2 Å². The lowest BCUT2D eigenvalue weighted by atomic mass is 9.78. The third-order valence-corrected chi connectivity index (χ3v) is 8.32. The number of carbonyl (C=O) groups is 1. The van der Waals surface area contributed by atoms with Crippen LogP contribution in [0, 0.1) is 17.8 Å². The Morgan fingerprint density at radius 3 is 2.59 bits per heavy atom. The van der Waals surface area contributed by atoms with Gasteiger partial charge in [-0.25, -0.2) is 0 Å². The first-order valence-electron chi connectivity index (χ1n) is 12.5. The molecular weight excluding hydrogens is 426 g/mol. The van der Waals surface area contributed by atoms with Gasteiger partial charge < -0.3 is 14.6 Å². The fraction of sp³-hybridized carbons (Fsp3) is 0.464. The van der Waals surface area contributed by atoms with Gasteiger partial charge in [0.05, 0.1) is 24.4 Å². The van der Waals surface area contributed by atoms with Gasteiger partial charge in [-0.05, 0) is 73.6 Å². The standard InChI is InChI=1S/C28H31N3O3/c1-33-22-11-9-21(10-12-22)28(14-15-28)27-30-26(34-31-27)24-20-8-7-19(17-20)23(24)25(32)29-16-13-18-5-3-2-4-6-18/h2-6,9-12,19-20,23-24H,7-8,13-17H2,1H3,(H,29,32)/t19-,20+,23-,24-/m0/s1. The van der Waals surface area contributed by atoms with Crippen molar-refractivity contribution in [3.63, 3.8) is 0 Å². The number of nitrogens with zero attached hydrogens (tertiary/aromatic N) is 2. The first-order valence-corrected chi connectivity index (χ1v) is 12.5. The summed E-state index contributed by atoms with van der Waals surface area (Å²) in [5.41, 5.74) is 2.27. The SMILES string of the molecule is COc1ccc(C2(c3noc([C@H]4[C@@H]5CC[C@@H](C5)[C@@H]4C(=O)NCCc4ccccc4)n3)CC2)cc1. The number of rotatable bonds is 8. The molecule has 6 heteroatoms. The van der Waals surface area contributed by atoms with Gasteiger partial charge in [-0.1, -0.05) is 47.6 Å². The maximum absolute atomic E-state index is 13.3. The van der Waals surface area contributed by atoms with Crippen molar-refractivity contribution >= 4 is 5.91 Å². The summed E-state index contributed by atoms with van der Waals surface area (Å²) in [6, 6.07) is 18.5. The first-order chi connectivity index (χ1) is 16.7. The molecule has 1 N–H and O–H groups in total. The normalized spacial score (nSPS) is 26.4. The fourth-order valence-corrected chi connectivity index (χ4v) is 6.36. The van der Waals surface area contributed by atoms with Gasteiger partial charge in [-0.3, -0.25) is 4.79 Å². The van der Waals surface area contributed by atoms with Crippen molar-refractivity contribution in [2.24, 2.45) is 17.8 Å². The maximum Gasteiger partial charge on any atom is 0.230 e. The van der Waals surface area contributed by atoms with Crippen LogP contribution in [0.3, 0.4) is 0 Å². The third-order valence-electron chi connectivity index (χ3n) is 8.32. The van der Waals surface area contributed by atoms with E-state index < -0.39 is 0 Å². The van der Waals surface area contributed by atoms with E-state index in [0.717, 1.165) is 50.1 Å². The van der Waals surface area contributed by atoms with Gasteiger partial charge >= 0.3 is 0 Å². The highest BCUT2D eigenvalue weighted by molar-refractivity contribution is 5.80.